The molecular weight excluding hydrogens is 634 g/mol. The van der Waals surface area contributed by atoms with E-state index in [2.05, 4.69) is 21.5 Å². The van der Waals surface area contributed by atoms with E-state index in [9.17, 15) is 22.8 Å². The first kappa shape index (κ1) is 33.3. The van der Waals surface area contributed by atoms with Crippen molar-refractivity contribution in [3.05, 3.63) is 77.0 Å². The van der Waals surface area contributed by atoms with E-state index in [1.807, 2.05) is 0 Å². The number of hydrogen-bond donors (Lipinski definition) is 0. The maximum Gasteiger partial charge on any atom is 0.355 e. The minimum atomic E-state index is -4.00. The van der Waals surface area contributed by atoms with Crippen LogP contribution in [0, 0.1) is 11.6 Å². The lowest BCUT2D eigenvalue weighted by atomic mass is 10.0. The van der Waals surface area contributed by atoms with Crippen molar-refractivity contribution in [3.8, 4) is 22.7 Å². The van der Waals surface area contributed by atoms with Crippen LogP contribution in [0.25, 0.3) is 28.0 Å². The van der Waals surface area contributed by atoms with Gasteiger partial charge in [-0.1, -0.05) is 26.5 Å². The molecule has 0 unspecified atom stereocenters. The highest BCUT2D eigenvalue weighted by atomic mass is 32.2. The quantitative estimate of drug-likeness (QED) is 0.162. The van der Waals surface area contributed by atoms with E-state index in [-0.39, 0.29) is 64.6 Å². The third-order valence-electron chi connectivity index (χ3n) is 7.81. The highest BCUT2D eigenvalue weighted by Crippen LogP contribution is 2.38. The van der Waals surface area contributed by atoms with Crippen LogP contribution in [0.4, 0.5) is 14.6 Å². The highest BCUT2D eigenvalue weighted by molar-refractivity contribution is 7.90. The highest BCUT2D eigenvalue weighted by Gasteiger charge is 2.32. The van der Waals surface area contributed by atoms with Crippen LogP contribution in [0.2, 0.25) is 0 Å². The second-order valence-electron chi connectivity index (χ2n) is 11.5. The van der Waals surface area contributed by atoms with E-state index in [0.717, 1.165) is 36.1 Å². The summed E-state index contributed by atoms with van der Waals surface area (Å²) in [6, 6.07) is 4.21. The molecule has 12 nitrogen and oxygen atoms in total. The molecule has 0 spiro atoms. The van der Waals surface area contributed by atoms with Crippen LogP contribution in [-0.4, -0.2) is 76.6 Å². The molecule has 1 fully saturated rings. The number of carbonyl (C=O) groups is 2. The number of benzene rings is 1. The first-order chi connectivity index (χ1) is 22.1. The minimum absolute atomic E-state index is 0.0116. The Balaban J connectivity index is 1.91. The van der Waals surface area contributed by atoms with Gasteiger partial charge in [0.05, 0.1) is 16.6 Å². The summed E-state index contributed by atoms with van der Waals surface area (Å²) in [6.07, 6.45) is 4.67. The lowest BCUT2D eigenvalue weighted by molar-refractivity contribution is -0.132. The van der Waals surface area contributed by atoms with Crippen molar-refractivity contribution in [3.63, 3.8) is 0 Å². The van der Waals surface area contributed by atoms with Gasteiger partial charge < -0.3 is 14.5 Å². The zero-order valence-electron chi connectivity index (χ0n) is 26.3. The number of anilines is 1. The largest absolute Gasteiger partial charge is 0.426 e. The van der Waals surface area contributed by atoms with Crippen molar-refractivity contribution in [2.45, 2.75) is 44.6 Å². The summed E-state index contributed by atoms with van der Waals surface area (Å²) in [4.78, 5) is 54.2. The summed E-state index contributed by atoms with van der Waals surface area (Å²) in [5, 5.41) is 0.0116. The smallest absolute Gasteiger partial charge is 0.355 e. The Kier molecular flexibility index (Phi) is 8.95. The molecule has 47 heavy (non-hydrogen) atoms. The monoisotopic (exact) mass is 666 g/mol. The van der Waals surface area contributed by atoms with Gasteiger partial charge in [0.15, 0.2) is 21.3 Å². The van der Waals surface area contributed by atoms with Crippen LogP contribution >= 0.6 is 0 Å². The summed E-state index contributed by atoms with van der Waals surface area (Å²) >= 11 is 0. The molecule has 3 aromatic heterocycles. The number of piperazine rings is 1. The number of carbonyl (C=O) groups excluding carboxylic acids is 2. The van der Waals surface area contributed by atoms with Gasteiger partial charge in [-0.25, -0.2) is 31.5 Å². The van der Waals surface area contributed by atoms with Gasteiger partial charge in [-0.2, -0.15) is 4.98 Å². The predicted octanol–water partition coefficient (Wildman–Crippen LogP) is 3.80. The molecule has 246 valence electrons. The van der Waals surface area contributed by atoms with Gasteiger partial charge in [0.2, 0.25) is 5.91 Å². The van der Waals surface area contributed by atoms with E-state index in [4.69, 9.17) is 4.74 Å². The first-order valence-electron chi connectivity index (χ1n) is 14.6. The number of pyridine rings is 2. The Morgan fingerprint density at radius 1 is 1.13 bits per heavy atom. The molecule has 1 amide bonds. The van der Waals surface area contributed by atoms with E-state index >= 15 is 8.78 Å². The number of sulfone groups is 1. The average molecular weight is 667 g/mol. The summed E-state index contributed by atoms with van der Waals surface area (Å²) in [5.41, 5.74) is -1.97. The number of amides is 1. The Labute approximate surface area is 269 Å². The SMILES string of the molecule is C=CC(=O)N1CCN(c2nc(=O)n(-c3c(C(C)C)cncc3S(C)(=O)=O)c3nc(-c4c(F)cccc4OC(C)=O)c(F)cc23)[C@@H](C)C1. The summed E-state index contributed by atoms with van der Waals surface area (Å²) < 4.78 is 63.8. The van der Waals surface area contributed by atoms with Gasteiger partial charge in [0.25, 0.3) is 0 Å². The van der Waals surface area contributed by atoms with Gasteiger partial charge >= 0.3 is 11.7 Å². The molecule has 1 saturated heterocycles. The number of halogens is 2. The molecule has 4 aromatic rings. The maximum atomic E-state index is 16.2. The van der Waals surface area contributed by atoms with E-state index < -0.39 is 50.4 Å². The molecule has 4 heterocycles. The Morgan fingerprint density at radius 3 is 2.47 bits per heavy atom. The molecule has 1 aliphatic rings. The van der Waals surface area contributed by atoms with Crippen molar-refractivity contribution in [1.29, 1.82) is 0 Å². The fraction of sp³-hybridized carbons (Fsp3) is 0.312. The first-order valence-corrected chi connectivity index (χ1v) is 16.5. The van der Waals surface area contributed by atoms with Crippen molar-refractivity contribution < 1.29 is 31.5 Å². The molecule has 15 heteroatoms. The normalized spacial score (nSPS) is 15.3. The van der Waals surface area contributed by atoms with E-state index in [1.165, 1.54) is 24.4 Å². The minimum Gasteiger partial charge on any atom is -0.426 e. The van der Waals surface area contributed by atoms with Crippen LogP contribution in [0.5, 0.6) is 5.75 Å². The van der Waals surface area contributed by atoms with Crippen molar-refractivity contribution in [1.82, 2.24) is 24.4 Å². The van der Waals surface area contributed by atoms with Gasteiger partial charge in [0.1, 0.15) is 28.0 Å². The van der Waals surface area contributed by atoms with Crippen molar-refractivity contribution in [2.75, 3.05) is 30.8 Å². The molecule has 0 aliphatic carbocycles. The summed E-state index contributed by atoms with van der Waals surface area (Å²) in [6.45, 7) is 10.7. The third-order valence-corrected chi connectivity index (χ3v) is 8.91. The van der Waals surface area contributed by atoms with E-state index in [0.29, 0.717) is 5.56 Å². The van der Waals surface area contributed by atoms with Crippen LogP contribution in [0.15, 0.2) is 59.0 Å². The number of esters is 1. The Morgan fingerprint density at radius 2 is 1.85 bits per heavy atom. The fourth-order valence-corrected chi connectivity index (χ4v) is 6.47. The molecule has 5 rings (SSSR count). The van der Waals surface area contributed by atoms with Crippen LogP contribution in [0.3, 0.4) is 0 Å². The molecule has 0 saturated carbocycles. The second-order valence-corrected chi connectivity index (χ2v) is 13.5. The number of hydrogen-bond acceptors (Lipinski definition) is 10. The van der Waals surface area contributed by atoms with Gasteiger partial charge in [-0.05, 0) is 42.7 Å². The summed E-state index contributed by atoms with van der Waals surface area (Å²) in [7, 11) is -4.00. The number of aromatic nitrogens is 4. The topological polar surface area (TPSA) is 145 Å². The molecule has 0 N–H and O–H groups in total. The number of nitrogens with zero attached hydrogens (tertiary/aromatic N) is 6. The molecule has 1 atom stereocenters. The number of rotatable bonds is 7. The van der Waals surface area contributed by atoms with Crippen LogP contribution in [-0.2, 0) is 19.4 Å². The lowest BCUT2D eigenvalue weighted by Gasteiger charge is -2.40. The zero-order chi connectivity index (χ0) is 34.4. The Bertz CT molecular complexity index is 2120. The standard InChI is InChI=1S/C32H32F2N6O6S/c1-7-26(42)38-11-12-39(18(4)16-38)30-20-13-23(34)28(27-22(33)9-8-10-24(27)46-19(5)41)36-31(20)40(32(43)37-30)29-21(17(2)3)14-35-15-25(29)47(6,44)45/h7-10,13-15,17-18H,1,11-12,16H2,2-6H3/t18-/m0/s1. The van der Waals surface area contributed by atoms with E-state index in [1.54, 1.807) is 30.6 Å². The van der Waals surface area contributed by atoms with Crippen LogP contribution in [0.1, 0.15) is 39.2 Å². The average Bonchev–Trinajstić information content (AvgIpc) is 2.99. The fourth-order valence-electron chi connectivity index (χ4n) is 5.66. The lowest BCUT2D eigenvalue weighted by Crippen LogP contribution is -2.54. The molecular formula is C32H32F2N6O6S. The zero-order valence-corrected chi connectivity index (χ0v) is 27.1. The van der Waals surface area contributed by atoms with Gasteiger partial charge in [-0.15, -0.1) is 0 Å². The molecule has 1 aromatic carbocycles. The summed E-state index contributed by atoms with van der Waals surface area (Å²) in [5.74, 6) is -3.68. The molecule has 0 radical (unpaired) electrons. The Hall–Kier alpha value is -5.05. The molecule has 0 bridgehead atoms. The molecule has 1 aliphatic heterocycles. The second kappa shape index (κ2) is 12.6. The number of fused-ring (bicyclic) bond motifs is 1. The van der Waals surface area contributed by atoms with Crippen molar-refractivity contribution in [2.24, 2.45) is 0 Å². The maximum absolute atomic E-state index is 16.2. The van der Waals surface area contributed by atoms with Gasteiger partial charge in [-0.3, -0.25) is 14.6 Å². The number of ether oxygens (including phenoxy) is 1. The third kappa shape index (κ3) is 6.22. The van der Waals surface area contributed by atoms with Crippen LogP contribution < -0.4 is 15.3 Å². The predicted molar refractivity (Wildman–Crippen MR) is 170 cm³/mol. The van der Waals surface area contributed by atoms with Gasteiger partial charge in [0, 0.05) is 51.2 Å². The van der Waals surface area contributed by atoms with Crippen molar-refractivity contribution >= 4 is 38.6 Å².